The highest BCUT2D eigenvalue weighted by atomic mass is 35.5. The molecule has 1 amide bonds. The van der Waals surface area contributed by atoms with Crippen molar-refractivity contribution in [1.82, 2.24) is 5.32 Å². The van der Waals surface area contributed by atoms with Gasteiger partial charge in [0.25, 0.3) is 0 Å². The van der Waals surface area contributed by atoms with Gasteiger partial charge in [-0.3, -0.25) is 10.1 Å². The molecule has 0 unspecified atom stereocenters. The zero-order valence-electron chi connectivity index (χ0n) is 13.5. The summed E-state index contributed by atoms with van der Waals surface area (Å²) in [6.45, 7) is 0. The van der Waals surface area contributed by atoms with Gasteiger partial charge in [0.2, 0.25) is 5.91 Å². The van der Waals surface area contributed by atoms with Crippen LogP contribution in [0.5, 0.6) is 0 Å². The van der Waals surface area contributed by atoms with Gasteiger partial charge in [-0.2, -0.15) is 0 Å². The van der Waals surface area contributed by atoms with Crippen molar-refractivity contribution in [3.8, 4) is 0 Å². The van der Waals surface area contributed by atoms with Gasteiger partial charge in [0.1, 0.15) is 0 Å². The monoisotopic (exact) mass is 400 g/mol. The van der Waals surface area contributed by atoms with Crippen LogP contribution in [-0.2, 0) is 4.79 Å². The number of amides is 1. The number of anilines is 1. The molecular weight excluding hydrogens is 387 g/mol. The first kappa shape index (κ1) is 18.4. The third-order valence-corrected chi connectivity index (χ3v) is 4.59. The van der Waals surface area contributed by atoms with Crippen molar-refractivity contribution in [3.05, 3.63) is 82.3 Å². The summed E-state index contributed by atoms with van der Waals surface area (Å²) in [5, 5.41) is 8.72. The van der Waals surface area contributed by atoms with E-state index < -0.39 is 0 Å². The SMILES string of the molecule is O=C(/C=C/c1cccc2ccccc12)NC(=S)Nc1ccc(Cl)c(Cl)c1. The van der Waals surface area contributed by atoms with Gasteiger partial charge in [-0.1, -0.05) is 65.7 Å². The number of carbonyl (C=O) groups is 1. The van der Waals surface area contributed by atoms with Crippen LogP contribution in [0.15, 0.2) is 66.7 Å². The van der Waals surface area contributed by atoms with E-state index in [0.717, 1.165) is 16.3 Å². The summed E-state index contributed by atoms with van der Waals surface area (Å²) in [5.41, 5.74) is 1.60. The van der Waals surface area contributed by atoms with Crippen LogP contribution in [0.2, 0.25) is 10.0 Å². The lowest BCUT2D eigenvalue weighted by molar-refractivity contribution is -0.115. The lowest BCUT2D eigenvalue weighted by Crippen LogP contribution is -2.32. The van der Waals surface area contributed by atoms with Crippen molar-refractivity contribution in [1.29, 1.82) is 0 Å². The van der Waals surface area contributed by atoms with Gasteiger partial charge in [0.15, 0.2) is 5.11 Å². The second-order valence-corrected chi connectivity index (χ2v) is 6.70. The Bertz CT molecular complexity index is 1010. The van der Waals surface area contributed by atoms with Crippen LogP contribution in [0.4, 0.5) is 5.69 Å². The summed E-state index contributed by atoms with van der Waals surface area (Å²) >= 11 is 17.0. The number of thiocarbonyl (C=S) groups is 1. The van der Waals surface area contributed by atoms with E-state index in [4.69, 9.17) is 35.4 Å². The molecule has 26 heavy (non-hydrogen) atoms. The third-order valence-electron chi connectivity index (χ3n) is 3.65. The van der Waals surface area contributed by atoms with Crippen molar-refractivity contribution in [3.63, 3.8) is 0 Å². The number of fused-ring (bicyclic) bond motifs is 1. The highest BCUT2D eigenvalue weighted by Crippen LogP contribution is 2.25. The van der Waals surface area contributed by atoms with Gasteiger partial charge in [-0.05, 0) is 52.8 Å². The molecule has 0 aliphatic rings. The predicted octanol–water partition coefficient (Wildman–Crippen LogP) is 5.67. The van der Waals surface area contributed by atoms with Crippen molar-refractivity contribution >= 4 is 69.0 Å². The molecule has 2 N–H and O–H groups in total. The molecule has 3 aromatic carbocycles. The zero-order chi connectivity index (χ0) is 18.5. The third kappa shape index (κ3) is 4.61. The number of hydrogen-bond acceptors (Lipinski definition) is 2. The van der Waals surface area contributed by atoms with Gasteiger partial charge >= 0.3 is 0 Å². The number of benzene rings is 3. The second-order valence-electron chi connectivity index (χ2n) is 5.47. The standard InChI is InChI=1S/C20H14Cl2N2OS/c21-17-10-9-15(12-18(17)22)23-20(26)24-19(25)11-8-14-6-3-5-13-4-1-2-7-16(13)14/h1-12H,(H2,23,24,25,26)/b11-8+. The molecule has 0 aromatic heterocycles. The average molecular weight is 401 g/mol. The molecule has 0 heterocycles. The smallest absolute Gasteiger partial charge is 0.250 e. The van der Waals surface area contributed by atoms with Crippen LogP contribution in [-0.4, -0.2) is 11.0 Å². The summed E-state index contributed by atoms with van der Waals surface area (Å²) < 4.78 is 0. The van der Waals surface area contributed by atoms with Crippen LogP contribution in [0, 0.1) is 0 Å². The van der Waals surface area contributed by atoms with E-state index in [1.54, 1.807) is 24.3 Å². The lowest BCUT2D eigenvalue weighted by atomic mass is 10.0. The minimum absolute atomic E-state index is 0.177. The van der Waals surface area contributed by atoms with E-state index >= 15 is 0 Å². The van der Waals surface area contributed by atoms with Crippen molar-refractivity contribution in [2.45, 2.75) is 0 Å². The largest absolute Gasteiger partial charge is 0.332 e. The molecule has 0 spiro atoms. The molecule has 3 nitrogen and oxygen atoms in total. The van der Waals surface area contributed by atoms with E-state index in [-0.39, 0.29) is 11.0 Å². The minimum Gasteiger partial charge on any atom is -0.332 e. The summed E-state index contributed by atoms with van der Waals surface area (Å²) in [5.74, 6) is -0.324. The number of rotatable bonds is 3. The predicted molar refractivity (Wildman–Crippen MR) is 114 cm³/mol. The van der Waals surface area contributed by atoms with Gasteiger partial charge in [-0.25, -0.2) is 0 Å². The molecule has 3 rings (SSSR count). The quantitative estimate of drug-likeness (QED) is 0.439. The van der Waals surface area contributed by atoms with Gasteiger partial charge < -0.3 is 5.32 Å². The molecule has 130 valence electrons. The Morgan fingerprint density at radius 2 is 1.73 bits per heavy atom. The highest BCUT2D eigenvalue weighted by Gasteiger charge is 2.04. The van der Waals surface area contributed by atoms with E-state index in [1.807, 2.05) is 42.5 Å². The fourth-order valence-corrected chi connectivity index (χ4v) is 2.97. The average Bonchev–Trinajstić information content (AvgIpc) is 2.63. The summed E-state index contributed by atoms with van der Waals surface area (Å²) in [4.78, 5) is 12.1. The van der Waals surface area contributed by atoms with Crippen LogP contribution >= 0.6 is 35.4 Å². The zero-order valence-corrected chi connectivity index (χ0v) is 15.8. The fraction of sp³-hybridized carbons (Fsp3) is 0. The van der Waals surface area contributed by atoms with Crippen LogP contribution < -0.4 is 10.6 Å². The van der Waals surface area contributed by atoms with E-state index in [2.05, 4.69) is 10.6 Å². The van der Waals surface area contributed by atoms with Crippen LogP contribution in [0.1, 0.15) is 5.56 Å². The topological polar surface area (TPSA) is 41.1 Å². The minimum atomic E-state index is -0.324. The molecule has 0 bridgehead atoms. The Morgan fingerprint density at radius 1 is 0.962 bits per heavy atom. The first-order valence-corrected chi connectivity index (χ1v) is 8.92. The first-order valence-electron chi connectivity index (χ1n) is 7.76. The molecule has 6 heteroatoms. The highest BCUT2D eigenvalue weighted by molar-refractivity contribution is 7.80. The number of nitrogens with one attached hydrogen (secondary N) is 2. The maximum atomic E-state index is 12.1. The van der Waals surface area contributed by atoms with E-state index in [1.165, 1.54) is 6.08 Å². The molecular formula is C20H14Cl2N2OS. The maximum Gasteiger partial charge on any atom is 0.250 e. The molecule has 3 aromatic rings. The second kappa shape index (κ2) is 8.32. The number of carbonyl (C=O) groups excluding carboxylic acids is 1. The lowest BCUT2D eigenvalue weighted by Gasteiger charge is -2.09. The number of hydrogen-bond donors (Lipinski definition) is 2. The fourth-order valence-electron chi connectivity index (χ4n) is 2.45. The summed E-state index contributed by atoms with van der Waals surface area (Å²) in [7, 11) is 0. The Hall–Kier alpha value is -2.40. The Morgan fingerprint density at radius 3 is 2.54 bits per heavy atom. The van der Waals surface area contributed by atoms with Crippen LogP contribution in [0.3, 0.4) is 0 Å². The molecule has 0 saturated heterocycles. The Kier molecular flexibility index (Phi) is 5.89. The van der Waals surface area contributed by atoms with Crippen molar-refractivity contribution in [2.24, 2.45) is 0 Å². The molecule has 0 radical (unpaired) electrons. The number of halogens is 2. The molecule has 0 atom stereocenters. The normalized spacial score (nSPS) is 10.8. The Labute approximate surface area is 166 Å². The summed E-state index contributed by atoms with van der Waals surface area (Å²) in [6.07, 6.45) is 3.21. The molecule has 0 aliphatic carbocycles. The summed E-state index contributed by atoms with van der Waals surface area (Å²) in [6, 6.07) is 18.9. The molecule has 0 saturated carbocycles. The van der Waals surface area contributed by atoms with Gasteiger partial charge in [0.05, 0.1) is 10.0 Å². The van der Waals surface area contributed by atoms with Crippen molar-refractivity contribution < 1.29 is 4.79 Å². The van der Waals surface area contributed by atoms with Gasteiger partial charge in [0, 0.05) is 11.8 Å². The van der Waals surface area contributed by atoms with Crippen molar-refractivity contribution in [2.75, 3.05) is 5.32 Å². The van der Waals surface area contributed by atoms with E-state index in [9.17, 15) is 4.79 Å². The maximum absolute atomic E-state index is 12.1. The Balaban J connectivity index is 1.65. The van der Waals surface area contributed by atoms with Gasteiger partial charge in [-0.15, -0.1) is 0 Å². The first-order chi connectivity index (χ1) is 12.5. The molecule has 0 aliphatic heterocycles. The van der Waals surface area contributed by atoms with E-state index in [0.29, 0.717) is 15.7 Å². The molecule has 0 fully saturated rings. The van der Waals surface area contributed by atoms with Crippen LogP contribution in [0.25, 0.3) is 16.8 Å².